The highest BCUT2D eigenvalue weighted by Crippen LogP contribution is 2.06. The van der Waals surface area contributed by atoms with Crippen LogP contribution in [0.2, 0.25) is 0 Å². The second kappa shape index (κ2) is 9.65. The summed E-state index contributed by atoms with van der Waals surface area (Å²) in [6, 6.07) is 0. The van der Waals surface area contributed by atoms with E-state index in [-0.39, 0.29) is 5.54 Å². The quantitative estimate of drug-likeness (QED) is 0.664. The van der Waals surface area contributed by atoms with Gasteiger partial charge in [-0.15, -0.1) is 0 Å². The number of ether oxygens (including phenoxy) is 3. The van der Waals surface area contributed by atoms with Gasteiger partial charge in [0.25, 0.3) is 0 Å². The normalized spacial score (nSPS) is 11.6. The molecule has 0 spiro atoms. The maximum absolute atomic E-state index is 5.46. The lowest BCUT2D eigenvalue weighted by molar-refractivity contribution is 0.0794. The maximum atomic E-state index is 5.46. The predicted molar refractivity (Wildman–Crippen MR) is 81.4 cm³/mol. The molecule has 0 unspecified atom stereocenters. The summed E-state index contributed by atoms with van der Waals surface area (Å²) in [5, 5.41) is 3.36. The summed E-state index contributed by atoms with van der Waals surface area (Å²) >= 11 is 0. The Kier molecular flexibility index (Phi) is 8.19. The summed E-state index contributed by atoms with van der Waals surface area (Å²) in [6.45, 7) is 9.45. The van der Waals surface area contributed by atoms with Crippen LogP contribution in [0.25, 0.3) is 0 Å². The van der Waals surface area contributed by atoms with Crippen molar-refractivity contribution in [3.8, 4) is 5.88 Å². The second-order valence-electron chi connectivity index (χ2n) is 5.76. The van der Waals surface area contributed by atoms with E-state index in [1.165, 1.54) is 0 Å². The molecule has 6 heteroatoms. The standard InChI is InChI=1S/C15H27N3O3/c1-15(2,3)18-11-13-10-17-14(12-16-13)21-9-8-20-7-5-6-19-4/h10,12,18H,5-9,11H2,1-4H3. The average Bonchev–Trinajstić information content (AvgIpc) is 2.44. The van der Waals surface area contributed by atoms with E-state index in [4.69, 9.17) is 14.2 Å². The van der Waals surface area contributed by atoms with Gasteiger partial charge in [0.05, 0.1) is 24.7 Å². The SMILES string of the molecule is COCCCOCCOc1cnc(CNC(C)(C)C)cn1. The number of nitrogens with one attached hydrogen (secondary N) is 1. The molecule has 1 N–H and O–H groups in total. The lowest BCUT2D eigenvalue weighted by Crippen LogP contribution is -2.35. The smallest absolute Gasteiger partial charge is 0.232 e. The van der Waals surface area contributed by atoms with Gasteiger partial charge in [0.2, 0.25) is 5.88 Å². The molecule has 0 aliphatic carbocycles. The van der Waals surface area contributed by atoms with E-state index in [1.54, 1.807) is 19.5 Å². The topological polar surface area (TPSA) is 65.5 Å². The van der Waals surface area contributed by atoms with Crippen LogP contribution in [0.3, 0.4) is 0 Å². The number of aromatic nitrogens is 2. The predicted octanol–water partition coefficient (Wildman–Crippen LogP) is 1.80. The summed E-state index contributed by atoms with van der Waals surface area (Å²) < 4.78 is 15.8. The van der Waals surface area contributed by atoms with Crippen molar-refractivity contribution in [2.24, 2.45) is 0 Å². The highest BCUT2D eigenvalue weighted by molar-refractivity contribution is 5.07. The van der Waals surface area contributed by atoms with Gasteiger partial charge in [-0.1, -0.05) is 0 Å². The number of nitrogens with zero attached hydrogens (tertiary/aromatic N) is 2. The van der Waals surface area contributed by atoms with Crippen molar-refractivity contribution >= 4 is 0 Å². The lowest BCUT2D eigenvalue weighted by Gasteiger charge is -2.19. The van der Waals surface area contributed by atoms with E-state index in [9.17, 15) is 0 Å². The van der Waals surface area contributed by atoms with Gasteiger partial charge in [-0.2, -0.15) is 0 Å². The third-order valence-corrected chi connectivity index (χ3v) is 2.60. The molecule has 0 aliphatic heterocycles. The molecule has 0 aliphatic rings. The molecule has 21 heavy (non-hydrogen) atoms. The molecule has 0 amide bonds. The Morgan fingerprint density at radius 1 is 1.05 bits per heavy atom. The van der Waals surface area contributed by atoms with Crippen molar-refractivity contribution in [1.29, 1.82) is 0 Å². The van der Waals surface area contributed by atoms with E-state index in [1.807, 2.05) is 0 Å². The Labute approximate surface area is 127 Å². The molecule has 0 aromatic carbocycles. The van der Waals surface area contributed by atoms with Crippen LogP contribution in [0.4, 0.5) is 0 Å². The summed E-state index contributed by atoms with van der Waals surface area (Å²) in [6.07, 6.45) is 4.27. The summed E-state index contributed by atoms with van der Waals surface area (Å²) in [7, 11) is 1.68. The fourth-order valence-electron chi connectivity index (χ4n) is 1.48. The molecule has 1 rings (SSSR count). The molecule has 0 radical (unpaired) electrons. The zero-order valence-corrected chi connectivity index (χ0v) is 13.5. The van der Waals surface area contributed by atoms with Gasteiger partial charge in [-0.25, -0.2) is 4.98 Å². The molecule has 120 valence electrons. The van der Waals surface area contributed by atoms with Crippen LogP contribution >= 0.6 is 0 Å². The van der Waals surface area contributed by atoms with E-state index in [2.05, 4.69) is 36.1 Å². The minimum Gasteiger partial charge on any atom is -0.474 e. The number of methoxy groups -OCH3 is 1. The first-order valence-electron chi connectivity index (χ1n) is 7.27. The molecular formula is C15H27N3O3. The minimum absolute atomic E-state index is 0.0665. The van der Waals surface area contributed by atoms with E-state index >= 15 is 0 Å². The van der Waals surface area contributed by atoms with Gasteiger partial charge in [-0.3, -0.25) is 4.98 Å². The van der Waals surface area contributed by atoms with Crippen LogP contribution in [0, 0.1) is 0 Å². The molecule has 1 aromatic rings. The first-order valence-corrected chi connectivity index (χ1v) is 7.27. The first kappa shape index (κ1) is 17.8. The second-order valence-corrected chi connectivity index (χ2v) is 5.76. The molecule has 6 nitrogen and oxygen atoms in total. The first-order chi connectivity index (χ1) is 10.0. The van der Waals surface area contributed by atoms with Crippen molar-refractivity contribution < 1.29 is 14.2 Å². The van der Waals surface area contributed by atoms with Crippen LogP contribution in [-0.2, 0) is 16.0 Å². The summed E-state index contributed by atoms with van der Waals surface area (Å²) in [5.74, 6) is 0.523. The Morgan fingerprint density at radius 2 is 1.86 bits per heavy atom. The van der Waals surface area contributed by atoms with E-state index in [0.717, 1.165) is 18.7 Å². The maximum Gasteiger partial charge on any atom is 0.232 e. The Hall–Kier alpha value is -1.24. The van der Waals surface area contributed by atoms with Gasteiger partial charge < -0.3 is 19.5 Å². The molecule has 0 saturated heterocycles. The molecule has 0 saturated carbocycles. The van der Waals surface area contributed by atoms with Gasteiger partial charge in [-0.05, 0) is 27.2 Å². The Bertz CT molecular complexity index is 377. The molecule has 1 aromatic heterocycles. The fraction of sp³-hybridized carbons (Fsp3) is 0.733. The van der Waals surface area contributed by atoms with Gasteiger partial charge in [0.1, 0.15) is 6.61 Å². The third kappa shape index (κ3) is 9.33. The van der Waals surface area contributed by atoms with Crippen molar-refractivity contribution in [3.05, 3.63) is 18.1 Å². The zero-order valence-electron chi connectivity index (χ0n) is 13.5. The van der Waals surface area contributed by atoms with Crippen LogP contribution < -0.4 is 10.1 Å². The molecule has 0 fully saturated rings. The van der Waals surface area contributed by atoms with Gasteiger partial charge in [0, 0.05) is 32.4 Å². The molecule has 1 heterocycles. The Balaban J connectivity index is 2.16. The number of hydrogen-bond acceptors (Lipinski definition) is 6. The molecular weight excluding hydrogens is 270 g/mol. The van der Waals surface area contributed by atoms with E-state index < -0.39 is 0 Å². The van der Waals surface area contributed by atoms with Gasteiger partial charge in [0.15, 0.2) is 0 Å². The van der Waals surface area contributed by atoms with Crippen molar-refractivity contribution in [1.82, 2.24) is 15.3 Å². The number of hydrogen-bond donors (Lipinski definition) is 1. The lowest BCUT2D eigenvalue weighted by atomic mass is 10.1. The van der Waals surface area contributed by atoms with Crippen molar-refractivity contribution in [2.45, 2.75) is 39.3 Å². The highest BCUT2D eigenvalue weighted by Gasteiger charge is 2.09. The van der Waals surface area contributed by atoms with Crippen LogP contribution in [0.15, 0.2) is 12.4 Å². The summed E-state index contributed by atoms with van der Waals surface area (Å²) in [5.41, 5.74) is 0.963. The van der Waals surface area contributed by atoms with Crippen molar-refractivity contribution in [3.63, 3.8) is 0 Å². The Morgan fingerprint density at radius 3 is 2.48 bits per heavy atom. The van der Waals surface area contributed by atoms with Gasteiger partial charge >= 0.3 is 0 Å². The third-order valence-electron chi connectivity index (χ3n) is 2.60. The fourth-order valence-corrected chi connectivity index (χ4v) is 1.48. The molecule has 0 bridgehead atoms. The number of rotatable bonds is 10. The average molecular weight is 297 g/mol. The van der Waals surface area contributed by atoms with E-state index in [0.29, 0.717) is 32.2 Å². The largest absolute Gasteiger partial charge is 0.474 e. The zero-order chi connectivity index (χ0) is 15.6. The minimum atomic E-state index is 0.0665. The summed E-state index contributed by atoms with van der Waals surface area (Å²) in [4.78, 5) is 8.54. The van der Waals surface area contributed by atoms with Crippen LogP contribution in [0.1, 0.15) is 32.9 Å². The highest BCUT2D eigenvalue weighted by atomic mass is 16.5. The monoisotopic (exact) mass is 297 g/mol. The van der Waals surface area contributed by atoms with Crippen LogP contribution in [0.5, 0.6) is 5.88 Å². The molecule has 0 atom stereocenters. The van der Waals surface area contributed by atoms with Crippen molar-refractivity contribution in [2.75, 3.05) is 33.5 Å². The van der Waals surface area contributed by atoms with Crippen LogP contribution in [-0.4, -0.2) is 49.0 Å².